The van der Waals surface area contributed by atoms with Crippen molar-refractivity contribution in [1.82, 2.24) is 15.1 Å². The maximum absolute atomic E-state index is 12.3. The topological polar surface area (TPSA) is 110 Å². The molecule has 1 aromatic heterocycles. The number of rotatable bonds is 4. The van der Waals surface area contributed by atoms with Crippen LogP contribution in [0.5, 0.6) is 0 Å². The first-order chi connectivity index (χ1) is 10.9. The molecule has 0 fully saturated rings. The smallest absolute Gasteiger partial charge is 0.320 e. The van der Waals surface area contributed by atoms with Gasteiger partial charge in [-0.25, -0.2) is 0 Å². The minimum Gasteiger partial charge on any atom is -0.383 e. The second kappa shape index (κ2) is 5.47. The number of benzene rings is 1. The maximum Gasteiger partial charge on any atom is 0.320 e. The molecule has 0 aliphatic heterocycles. The minimum absolute atomic E-state index is 0.00875. The average Bonchev–Trinajstić information content (AvgIpc) is 3.07. The van der Waals surface area contributed by atoms with Gasteiger partial charge in [-0.15, -0.1) is 0 Å². The Kier molecular flexibility index (Phi) is 3.61. The number of amides is 1. The lowest BCUT2D eigenvalue weighted by molar-refractivity contribution is -0.385. The molecule has 1 aliphatic carbocycles. The van der Waals surface area contributed by atoms with E-state index in [2.05, 4.69) is 10.4 Å². The number of nitrogens with zero attached hydrogens (tertiary/aromatic N) is 3. The van der Waals surface area contributed by atoms with Crippen molar-refractivity contribution < 1.29 is 14.8 Å². The number of fused-ring (bicyclic) bond motifs is 1. The van der Waals surface area contributed by atoms with Crippen LogP contribution in [0.25, 0.3) is 0 Å². The van der Waals surface area contributed by atoms with E-state index in [9.17, 15) is 20.0 Å². The molecule has 0 radical (unpaired) electrons. The van der Waals surface area contributed by atoms with Crippen molar-refractivity contribution in [1.29, 1.82) is 0 Å². The second-order valence-electron chi connectivity index (χ2n) is 5.63. The predicted molar refractivity (Wildman–Crippen MR) is 80.9 cm³/mol. The Labute approximate surface area is 131 Å². The normalized spacial score (nSPS) is 19.4. The van der Waals surface area contributed by atoms with E-state index in [1.165, 1.54) is 7.05 Å². The molecule has 1 heterocycles. The quantitative estimate of drug-likeness (QED) is 0.643. The van der Waals surface area contributed by atoms with Crippen molar-refractivity contribution in [2.45, 2.75) is 18.4 Å². The summed E-state index contributed by atoms with van der Waals surface area (Å²) in [6, 6.07) is 7.52. The zero-order valence-electron chi connectivity index (χ0n) is 12.5. The minimum atomic E-state index is -1.15. The molecule has 0 saturated carbocycles. The maximum atomic E-state index is 12.3. The number of aromatic nitrogens is 2. The number of nitro groups is 1. The highest BCUT2D eigenvalue weighted by molar-refractivity contribution is 5.96. The summed E-state index contributed by atoms with van der Waals surface area (Å²) in [5.74, 6) is -0.630. The molecule has 1 unspecified atom stereocenters. The molecule has 1 amide bonds. The summed E-state index contributed by atoms with van der Waals surface area (Å²) in [6.45, 7) is -0.00875. The molecule has 2 aromatic rings. The van der Waals surface area contributed by atoms with Gasteiger partial charge in [0.2, 0.25) is 5.69 Å². The lowest BCUT2D eigenvalue weighted by Crippen LogP contribution is -2.40. The Hall–Kier alpha value is -2.74. The van der Waals surface area contributed by atoms with E-state index in [-0.39, 0.29) is 17.9 Å². The molecule has 120 valence electrons. The van der Waals surface area contributed by atoms with Crippen LogP contribution in [0.3, 0.4) is 0 Å². The molecule has 23 heavy (non-hydrogen) atoms. The van der Waals surface area contributed by atoms with Crippen LogP contribution in [0.4, 0.5) is 5.69 Å². The SMILES string of the molecule is Cn1ncc([N+](=O)[O-])c1C(=O)NCC1(O)CCc2ccccc21. The number of carbonyl (C=O) groups excluding carboxylic acids is 1. The molecular weight excluding hydrogens is 300 g/mol. The van der Waals surface area contributed by atoms with Gasteiger partial charge in [0.05, 0.1) is 11.5 Å². The van der Waals surface area contributed by atoms with Crippen LogP contribution in [0, 0.1) is 10.1 Å². The van der Waals surface area contributed by atoms with Crippen LogP contribution in [0.15, 0.2) is 30.5 Å². The van der Waals surface area contributed by atoms with Crippen LogP contribution < -0.4 is 5.32 Å². The van der Waals surface area contributed by atoms with Gasteiger partial charge in [-0.1, -0.05) is 24.3 Å². The molecule has 0 spiro atoms. The third-order valence-electron chi connectivity index (χ3n) is 4.20. The lowest BCUT2D eigenvalue weighted by atomic mass is 9.96. The van der Waals surface area contributed by atoms with E-state index in [4.69, 9.17) is 0 Å². The highest BCUT2D eigenvalue weighted by Crippen LogP contribution is 2.36. The van der Waals surface area contributed by atoms with E-state index in [1.807, 2.05) is 24.3 Å². The van der Waals surface area contributed by atoms with Crippen molar-refractivity contribution in [3.8, 4) is 0 Å². The summed E-state index contributed by atoms with van der Waals surface area (Å²) in [5, 5.41) is 28.1. The van der Waals surface area contributed by atoms with Crippen molar-refractivity contribution in [3.05, 3.63) is 57.4 Å². The van der Waals surface area contributed by atoms with Crippen LogP contribution in [-0.4, -0.2) is 32.3 Å². The molecule has 1 atom stereocenters. The lowest BCUT2D eigenvalue weighted by Gasteiger charge is -2.24. The summed E-state index contributed by atoms with van der Waals surface area (Å²) in [7, 11) is 1.46. The van der Waals surface area contributed by atoms with Gasteiger partial charge < -0.3 is 10.4 Å². The van der Waals surface area contributed by atoms with Gasteiger partial charge in [0.1, 0.15) is 11.8 Å². The third kappa shape index (κ3) is 2.57. The molecule has 0 bridgehead atoms. The Morgan fingerprint density at radius 3 is 3.00 bits per heavy atom. The fourth-order valence-corrected chi connectivity index (χ4v) is 2.99. The Morgan fingerprint density at radius 2 is 2.26 bits per heavy atom. The first kappa shape index (κ1) is 15.2. The fourth-order valence-electron chi connectivity index (χ4n) is 2.99. The van der Waals surface area contributed by atoms with E-state index < -0.39 is 16.4 Å². The number of nitrogens with one attached hydrogen (secondary N) is 1. The number of aryl methyl sites for hydroxylation is 2. The van der Waals surface area contributed by atoms with Gasteiger partial charge in [0, 0.05) is 7.05 Å². The zero-order valence-corrected chi connectivity index (χ0v) is 12.5. The first-order valence-electron chi connectivity index (χ1n) is 7.18. The summed E-state index contributed by atoms with van der Waals surface area (Å²) in [4.78, 5) is 22.6. The number of hydrogen-bond acceptors (Lipinski definition) is 5. The van der Waals surface area contributed by atoms with E-state index >= 15 is 0 Å². The third-order valence-corrected chi connectivity index (χ3v) is 4.20. The van der Waals surface area contributed by atoms with E-state index in [0.717, 1.165) is 28.4 Å². The summed E-state index contributed by atoms with van der Waals surface area (Å²) >= 11 is 0. The number of hydrogen-bond donors (Lipinski definition) is 2. The summed E-state index contributed by atoms with van der Waals surface area (Å²) in [6.07, 6.45) is 2.27. The summed E-state index contributed by atoms with van der Waals surface area (Å²) in [5.41, 5.74) is 0.198. The molecule has 3 rings (SSSR count). The molecule has 2 N–H and O–H groups in total. The summed E-state index contributed by atoms with van der Waals surface area (Å²) < 4.78 is 1.15. The number of aliphatic hydroxyl groups is 1. The van der Waals surface area contributed by atoms with Gasteiger partial charge in [-0.2, -0.15) is 5.10 Å². The van der Waals surface area contributed by atoms with E-state index in [1.54, 1.807) is 0 Å². The van der Waals surface area contributed by atoms with Gasteiger partial charge >= 0.3 is 5.69 Å². The molecule has 1 aromatic carbocycles. The zero-order chi connectivity index (χ0) is 16.6. The van der Waals surface area contributed by atoms with Gasteiger partial charge in [-0.3, -0.25) is 19.6 Å². The van der Waals surface area contributed by atoms with Gasteiger partial charge in [0.25, 0.3) is 5.91 Å². The van der Waals surface area contributed by atoms with Crippen LogP contribution >= 0.6 is 0 Å². The number of carbonyl (C=O) groups is 1. The average molecular weight is 316 g/mol. The van der Waals surface area contributed by atoms with Crippen molar-refractivity contribution in [2.75, 3.05) is 6.54 Å². The molecule has 8 nitrogen and oxygen atoms in total. The van der Waals surface area contributed by atoms with Crippen LogP contribution in [0.1, 0.15) is 28.0 Å². The van der Waals surface area contributed by atoms with Crippen LogP contribution in [-0.2, 0) is 19.1 Å². The Bertz CT molecular complexity index is 786. The predicted octanol–water partition coefficient (Wildman–Crippen LogP) is 0.892. The Balaban J connectivity index is 1.78. The van der Waals surface area contributed by atoms with Gasteiger partial charge in [0.15, 0.2) is 0 Å². The first-order valence-corrected chi connectivity index (χ1v) is 7.18. The monoisotopic (exact) mass is 316 g/mol. The fraction of sp³-hybridized carbons (Fsp3) is 0.333. The van der Waals surface area contributed by atoms with Crippen LogP contribution in [0.2, 0.25) is 0 Å². The molecule has 1 aliphatic rings. The second-order valence-corrected chi connectivity index (χ2v) is 5.63. The highest BCUT2D eigenvalue weighted by Gasteiger charge is 2.37. The standard InChI is InChI=1S/C15H16N4O4/c1-18-13(12(8-17-18)19(22)23)14(20)16-9-15(21)7-6-10-4-2-3-5-11(10)15/h2-5,8,21H,6-7,9H2,1H3,(H,16,20). The molecule has 0 saturated heterocycles. The van der Waals surface area contributed by atoms with Crippen molar-refractivity contribution in [2.24, 2.45) is 7.05 Å². The highest BCUT2D eigenvalue weighted by atomic mass is 16.6. The molecular formula is C15H16N4O4. The largest absolute Gasteiger partial charge is 0.383 e. The van der Waals surface area contributed by atoms with Crippen molar-refractivity contribution >= 4 is 11.6 Å². The van der Waals surface area contributed by atoms with Gasteiger partial charge in [-0.05, 0) is 24.0 Å². The molecule has 8 heteroatoms. The van der Waals surface area contributed by atoms with Crippen molar-refractivity contribution in [3.63, 3.8) is 0 Å². The Morgan fingerprint density at radius 1 is 1.52 bits per heavy atom. The van der Waals surface area contributed by atoms with E-state index in [0.29, 0.717) is 6.42 Å².